The van der Waals surface area contributed by atoms with Crippen molar-refractivity contribution in [3.63, 3.8) is 0 Å². The van der Waals surface area contributed by atoms with Crippen LogP contribution in [0.2, 0.25) is 0 Å². The molecule has 1 fully saturated rings. The highest BCUT2D eigenvalue weighted by molar-refractivity contribution is 14.0. The zero-order valence-corrected chi connectivity index (χ0v) is 22.6. The quantitative estimate of drug-likeness (QED) is 0.278. The average Bonchev–Trinajstić information content (AvgIpc) is 2.78. The van der Waals surface area contributed by atoms with Gasteiger partial charge in [0, 0.05) is 45.0 Å². The molecule has 182 valence electrons. The zero-order chi connectivity index (χ0) is 22.9. The lowest BCUT2D eigenvalue weighted by Crippen LogP contribution is -2.44. The number of aliphatic imine (C=N–C) groups is 1. The van der Waals surface area contributed by atoms with Gasteiger partial charge in [0.25, 0.3) is 0 Å². The van der Waals surface area contributed by atoms with Gasteiger partial charge in [0.05, 0.1) is 25.9 Å². The molecule has 0 aliphatic carbocycles. The molecular formula is C25H37IN4O3. The third-order valence-corrected chi connectivity index (χ3v) is 5.33. The summed E-state index contributed by atoms with van der Waals surface area (Å²) in [4.78, 5) is 6.79. The van der Waals surface area contributed by atoms with E-state index in [0.717, 1.165) is 31.1 Å². The van der Waals surface area contributed by atoms with E-state index < -0.39 is 0 Å². The minimum absolute atomic E-state index is 0. The lowest BCUT2D eigenvalue weighted by Gasteiger charge is -2.35. The topological polar surface area (TPSA) is 67.4 Å². The third-order valence-electron chi connectivity index (χ3n) is 5.33. The number of benzene rings is 2. The van der Waals surface area contributed by atoms with Gasteiger partial charge in [0.15, 0.2) is 17.5 Å². The SMILES string of the molecule is CCOc1ccc(NC(=NC)NCc2ccc(CN3CC(C)OC(C)C3)cc2)cc1OC.I. The lowest BCUT2D eigenvalue weighted by molar-refractivity contribution is -0.0704. The Morgan fingerprint density at radius 3 is 2.33 bits per heavy atom. The van der Waals surface area contributed by atoms with Crippen molar-refractivity contribution in [2.24, 2.45) is 4.99 Å². The molecule has 0 spiro atoms. The molecule has 2 atom stereocenters. The highest BCUT2D eigenvalue weighted by atomic mass is 127. The fourth-order valence-corrected chi connectivity index (χ4v) is 3.96. The van der Waals surface area contributed by atoms with Crippen LogP contribution < -0.4 is 20.1 Å². The van der Waals surface area contributed by atoms with Gasteiger partial charge in [-0.1, -0.05) is 24.3 Å². The minimum atomic E-state index is 0. The van der Waals surface area contributed by atoms with Crippen LogP contribution in [0, 0.1) is 0 Å². The summed E-state index contributed by atoms with van der Waals surface area (Å²) in [6.45, 7) is 10.4. The smallest absolute Gasteiger partial charge is 0.195 e. The van der Waals surface area contributed by atoms with E-state index in [1.807, 2.05) is 25.1 Å². The van der Waals surface area contributed by atoms with E-state index in [2.05, 4.69) is 58.6 Å². The molecule has 0 saturated carbocycles. The minimum Gasteiger partial charge on any atom is -0.493 e. The molecule has 2 unspecified atom stereocenters. The third kappa shape index (κ3) is 8.35. The number of anilines is 1. The fourth-order valence-electron chi connectivity index (χ4n) is 3.96. The molecule has 0 amide bonds. The van der Waals surface area contributed by atoms with E-state index >= 15 is 0 Å². The van der Waals surface area contributed by atoms with Crippen molar-refractivity contribution >= 4 is 35.6 Å². The molecule has 0 radical (unpaired) electrons. The molecule has 8 heteroatoms. The van der Waals surface area contributed by atoms with Crippen LogP contribution in [0.1, 0.15) is 31.9 Å². The van der Waals surface area contributed by atoms with Crippen molar-refractivity contribution < 1.29 is 14.2 Å². The van der Waals surface area contributed by atoms with Crippen LogP contribution in [0.5, 0.6) is 11.5 Å². The molecule has 1 saturated heterocycles. The summed E-state index contributed by atoms with van der Waals surface area (Å²) in [5.41, 5.74) is 3.39. The molecule has 2 aromatic carbocycles. The second-order valence-electron chi connectivity index (χ2n) is 8.12. The second kappa shape index (κ2) is 13.6. The maximum Gasteiger partial charge on any atom is 0.195 e. The highest BCUT2D eigenvalue weighted by Gasteiger charge is 2.21. The van der Waals surface area contributed by atoms with Gasteiger partial charge in [0.1, 0.15) is 0 Å². The Morgan fingerprint density at radius 2 is 1.73 bits per heavy atom. The molecule has 33 heavy (non-hydrogen) atoms. The van der Waals surface area contributed by atoms with Gasteiger partial charge in [-0.15, -0.1) is 24.0 Å². The Hall–Kier alpha value is -2.04. The lowest BCUT2D eigenvalue weighted by atomic mass is 10.1. The van der Waals surface area contributed by atoms with Gasteiger partial charge in [-0.25, -0.2) is 0 Å². The van der Waals surface area contributed by atoms with Crippen molar-refractivity contribution in [1.29, 1.82) is 0 Å². The van der Waals surface area contributed by atoms with E-state index in [0.29, 0.717) is 24.9 Å². The summed E-state index contributed by atoms with van der Waals surface area (Å²) in [5, 5.41) is 6.67. The Kier molecular flexibility index (Phi) is 11.2. The number of morpholine rings is 1. The summed E-state index contributed by atoms with van der Waals surface area (Å²) in [6, 6.07) is 14.5. The number of hydrogen-bond acceptors (Lipinski definition) is 5. The maximum absolute atomic E-state index is 5.83. The van der Waals surface area contributed by atoms with Crippen LogP contribution in [0.4, 0.5) is 5.69 Å². The Bertz CT molecular complexity index is 882. The summed E-state index contributed by atoms with van der Waals surface area (Å²) in [6.07, 6.45) is 0.577. The first-order valence-corrected chi connectivity index (χ1v) is 11.2. The van der Waals surface area contributed by atoms with Crippen molar-refractivity contribution in [2.75, 3.05) is 39.2 Å². The number of nitrogens with one attached hydrogen (secondary N) is 2. The zero-order valence-electron chi connectivity index (χ0n) is 20.3. The molecule has 1 heterocycles. The summed E-state index contributed by atoms with van der Waals surface area (Å²) < 4.78 is 16.8. The number of halogens is 1. The summed E-state index contributed by atoms with van der Waals surface area (Å²) in [7, 11) is 3.40. The largest absolute Gasteiger partial charge is 0.493 e. The van der Waals surface area contributed by atoms with Crippen LogP contribution >= 0.6 is 24.0 Å². The molecule has 0 aromatic heterocycles. The first-order valence-electron chi connectivity index (χ1n) is 11.2. The van der Waals surface area contributed by atoms with Gasteiger partial charge in [-0.2, -0.15) is 0 Å². The number of rotatable bonds is 8. The monoisotopic (exact) mass is 568 g/mol. The Morgan fingerprint density at radius 1 is 1.06 bits per heavy atom. The van der Waals surface area contributed by atoms with Crippen LogP contribution in [0.25, 0.3) is 0 Å². The van der Waals surface area contributed by atoms with Crippen molar-refractivity contribution in [1.82, 2.24) is 10.2 Å². The van der Waals surface area contributed by atoms with Gasteiger partial charge in [0.2, 0.25) is 0 Å². The number of hydrogen-bond donors (Lipinski definition) is 2. The molecule has 2 N–H and O–H groups in total. The molecule has 2 aromatic rings. The van der Waals surface area contributed by atoms with Crippen LogP contribution in [-0.4, -0.2) is 56.9 Å². The van der Waals surface area contributed by atoms with E-state index in [1.54, 1.807) is 14.2 Å². The van der Waals surface area contributed by atoms with Crippen LogP contribution in [0.15, 0.2) is 47.5 Å². The Balaban J connectivity index is 0.00000385. The van der Waals surface area contributed by atoms with Crippen LogP contribution in [0.3, 0.4) is 0 Å². The van der Waals surface area contributed by atoms with E-state index in [1.165, 1.54) is 11.1 Å². The second-order valence-corrected chi connectivity index (χ2v) is 8.12. The predicted molar refractivity (Wildman–Crippen MR) is 145 cm³/mol. The van der Waals surface area contributed by atoms with Crippen molar-refractivity contribution in [3.05, 3.63) is 53.6 Å². The number of methoxy groups -OCH3 is 1. The maximum atomic E-state index is 5.83. The first kappa shape index (κ1) is 27.2. The molecular weight excluding hydrogens is 531 g/mol. The van der Waals surface area contributed by atoms with Crippen LogP contribution in [-0.2, 0) is 17.8 Å². The molecule has 1 aliphatic rings. The van der Waals surface area contributed by atoms with Gasteiger partial charge in [-0.3, -0.25) is 9.89 Å². The van der Waals surface area contributed by atoms with E-state index in [4.69, 9.17) is 14.2 Å². The van der Waals surface area contributed by atoms with E-state index in [9.17, 15) is 0 Å². The average molecular weight is 569 g/mol. The normalized spacial score (nSPS) is 18.9. The molecule has 0 bridgehead atoms. The van der Waals surface area contributed by atoms with Crippen molar-refractivity contribution in [3.8, 4) is 11.5 Å². The fraction of sp³-hybridized carbons (Fsp3) is 0.480. The van der Waals surface area contributed by atoms with Gasteiger partial charge < -0.3 is 24.8 Å². The van der Waals surface area contributed by atoms with Gasteiger partial charge >= 0.3 is 0 Å². The summed E-state index contributed by atoms with van der Waals surface area (Å²) >= 11 is 0. The molecule has 7 nitrogen and oxygen atoms in total. The Labute approximate surface area is 214 Å². The first-order chi connectivity index (χ1) is 15.5. The van der Waals surface area contributed by atoms with Crippen molar-refractivity contribution in [2.45, 2.75) is 46.1 Å². The van der Waals surface area contributed by atoms with E-state index in [-0.39, 0.29) is 36.2 Å². The summed E-state index contributed by atoms with van der Waals surface area (Å²) in [5.74, 6) is 2.10. The number of ether oxygens (including phenoxy) is 3. The standard InChI is InChI=1S/C25H36N4O3.HI/c1-6-31-23-12-11-22(13-24(23)30-5)28-25(26-4)27-14-20-7-9-21(10-8-20)17-29-15-18(2)32-19(3)16-29;/h7-13,18-19H,6,14-17H2,1-5H3,(H2,26,27,28);1H. The molecule has 3 rings (SSSR count). The van der Waals surface area contributed by atoms with Gasteiger partial charge in [-0.05, 0) is 44.0 Å². The number of nitrogens with zero attached hydrogens (tertiary/aromatic N) is 2. The molecule has 1 aliphatic heterocycles. The predicted octanol–water partition coefficient (Wildman–Crippen LogP) is 4.51. The number of guanidine groups is 1. The highest BCUT2D eigenvalue weighted by Crippen LogP contribution is 2.30.